The van der Waals surface area contributed by atoms with Crippen LogP contribution in [0.5, 0.6) is 11.5 Å². The summed E-state index contributed by atoms with van der Waals surface area (Å²) in [5, 5.41) is 12.5. The minimum Gasteiger partial charge on any atom is -0.454 e. The van der Waals surface area contributed by atoms with Crippen LogP contribution in [-0.4, -0.2) is 40.1 Å². The number of amides is 1. The zero-order valence-corrected chi connectivity index (χ0v) is 20.1. The lowest BCUT2D eigenvalue weighted by Crippen LogP contribution is -2.41. The van der Waals surface area contributed by atoms with E-state index < -0.39 is 11.6 Å². The zero-order valence-electron chi connectivity index (χ0n) is 20.1. The van der Waals surface area contributed by atoms with Crippen LogP contribution in [0.4, 0.5) is 8.78 Å². The van der Waals surface area contributed by atoms with E-state index in [-0.39, 0.29) is 30.3 Å². The van der Waals surface area contributed by atoms with Crippen molar-refractivity contribution in [2.24, 2.45) is 5.92 Å². The number of benzene rings is 2. The quantitative estimate of drug-likeness (QED) is 0.449. The number of aliphatic hydroxyl groups is 1. The van der Waals surface area contributed by atoms with Gasteiger partial charge in [0.1, 0.15) is 11.6 Å². The van der Waals surface area contributed by atoms with E-state index in [2.05, 4.69) is 5.32 Å². The minimum absolute atomic E-state index is 0.0327. The fourth-order valence-corrected chi connectivity index (χ4v) is 4.66. The number of hydrogen-bond donors (Lipinski definition) is 2. The van der Waals surface area contributed by atoms with Gasteiger partial charge in [0.15, 0.2) is 11.6 Å². The van der Waals surface area contributed by atoms with Crippen LogP contribution in [0.2, 0.25) is 0 Å². The third-order valence-corrected chi connectivity index (χ3v) is 6.76. The molecule has 2 atom stereocenters. The highest BCUT2D eigenvalue weighted by molar-refractivity contribution is 5.97. The van der Waals surface area contributed by atoms with Crippen molar-refractivity contribution < 1.29 is 23.4 Å². The van der Waals surface area contributed by atoms with Crippen molar-refractivity contribution in [3.05, 3.63) is 88.7 Å². The number of carbonyl (C=O) groups excluding carboxylic acids is 1. The fraction of sp³-hybridized carbons (Fsp3) is 0.357. The normalized spacial score (nSPS) is 17.0. The molecule has 0 saturated heterocycles. The van der Waals surface area contributed by atoms with Gasteiger partial charge in [-0.2, -0.15) is 0 Å². The van der Waals surface area contributed by atoms with Crippen molar-refractivity contribution in [2.45, 2.75) is 44.8 Å². The van der Waals surface area contributed by atoms with Crippen LogP contribution in [0.1, 0.15) is 53.1 Å². The van der Waals surface area contributed by atoms with Crippen molar-refractivity contribution in [1.29, 1.82) is 0 Å². The molecule has 5 rings (SSSR count). The first-order valence-corrected chi connectivity index (χ1v) is 12.3. The van der Waals surface area contributed by atoms with E-state index in [9.17, 15) is 18.7 Å². The van der Waals surface area contributed by atoms with Crippen molar-refractivity contribution >= 4 is 5.91 Å². The topological polar surface area (TPSA) is 74.7 Å². The van der Waals surface area contributed by atoms with E-state index in [4.69, 9.17) is 9.72 Å². The Morgan fingerprint density at radius 3 is 2.75 bits per heavy atom. The monoisotopic (exact) mass is 493 g/mol. The van der Waals surface area contributed by atoms with Crippen molar-refractivity contribution in [2.75, 3.05) is 13.2 Å². The Morgan fingerprint density at radius 1 is 1.17 bits per heavy atom. The van der Waals surface area contributed by atoms with E-state index in [0.717, 1.165) is 41.9 Å². The van der Waals surface area contributed by atoms with Gasteiger partial charge in [-0.3, -0.25) is 9.78 Å². The highest BCUT2D eigenvalue weighted by Crippen LogP contribution is 2.45. The first kappa shape index (κ1) is 24.3. The van der Waals surface area contributed by atoms with Gasteiger partial charge in [0.2, 0.25) is 0 Å². The van der Waals surface area contributed by atoms with Gasteiger partial charge in [0.05, 0.1) is 24.0 Å². The Morgan fingerprint density at radius 2 is 2.00 bits per heavy atom. The Balaban J connectivity index is 1.39. The number of halogens is 2. The average molecular weight is 494 g/mol. The number of aromatic nitrogens is 1. The van der Waals surface area contributed by atoms with Crippen LogP contribution in [0.25, 0.3) is 0 Å². The third kappa shape index (κ3) is 5.24. The molecule has 0 radical (unpaired) electrons. The number of rotatable bonds is 9. The molecule has 3 aromatic rings. The average Bonchev–Trinajstić information content (AvgIpc) is 3.71. The Labute approximate surface area is 208 Å². The lowest BCUT2D eigenvalue weighted by Gasteiger charge is -2.36. The summed E-state index contributed by atoms with van der Waals surface area (Å²) in [6.45, 7) is 3.07. The summed E-state index contributed by atoms with van der Waals surface area (Å²) in [6, 6.07) is 14.0. The fourth-order valence-electron chi connectivity index (χ4n) is 4.66. The summed E-state index contributed by atoms with van der Waals surface area (Å²) >= 11 is 0. The van der Waals surface area contributed by atoms with Crippen molar-refractivity contribution in [1.82, 2.24) is 15.2 Å². The lowest BCUT2D eigenvalue weighted by atomic mass is 9.95. The number of carbonyl (C=O) groups is 1. The lowest BCUT2D eigenvalue weighted by molar-refractivity contribution is 0.0627. The molecule has 1 fully saturated rings. The Hall–Kier alpha value is -3.36. The van der Waals surface area contributed by atoms with E-state index in [1.165, 1.54) is 6.07 Å². The van der Waals surface area contributed by atoms with Gasteiger partial charge in [-0.05, 0) is 74.1 Å². The number of pyridine rings is 1. The molecule has 1 amide bonds. The van der Waals surface area contributed by atoms with Gasteiger partial charge in [-0.15, -0.1) is 0 Å². The Bertz CT molecular complexity index is 1260. The molecule has 0 unspecified atom stereocenters. The van der Waals surface area contributed by atoms with Crippen LogP contribution in [0.3, 0.4) is 0 Å². The second-order valence-corrected chi connectivity index (χ2v) is 9.54. The van der Waals surface area contributed by atoms with Crippen molar-refractivity contribution in [3.8, 4) is 11.5 Å². The maximum Gasteiger partial charge on any atom is 0.254 e. The van der Waals surface area contributed by atoms with Crippen LogP contribution in [0.15, 0.2) is 54.6 Å². The second kappa shape index (κ2) is 10.3. The first-order chi connectivity index (χ1) is 17.4. The molecular formula is C28H29F2N3O3. The molecule has 0 bridgehead atoms. The molecule has 2 heterocycles. The third-order valence-electron chi connectivity index (χ3n) is 6.76. The van der Waals surface area contributed by atoms with Crippen molar-refractivity contribution in [3.63, 3.8) is 0 Å². The largest absolute Gasteiger partial charge is 0.454 e. The van der Waals surface area contributed by atoms with Gasteiger partial charge in [-0.25, -0.2) is 8.78 Å². The summed E-state index contributed by atoms with van der Waals surface area (Å²) in [6.07, 6.45) is 2.78. The highest BCUT2D eigenvalue weighted by Gasteiger charge is 2.41. The summed E-state index contributed by atoms with van der Waals surface area (Å²) in [5.74, 6) is -1.01. The van der Waals surface area contributed by atoms with E-state index in [1.807, 2.05) is 36.1 Å². The molecule has 2 aliphatic rings. The summed E-state index contributed by atoms with van der Waals surface area (Å²) < 4.78 is 33.0. The number of ether oxygens (including phenoxy) is 1. The minimum atomic E-state index is -0.803. The molecule has 8 heteroatoms. The molecule has 36 heavy (non-hydrogen) atoms. The zero-order chi connectivity index (χ0) is 25.2. The van der Waals surface area contributed by atoms with Gasteiger partial charge in [0.25, 0.3) is 5.91 Å². The maximum absolute atomic E-state index is 14.1. The van der Waals surface area contributed by atoms with Gasteiger partial charge in [0, 0.05) is 30.8 Å². The molecule has 2 aromatic carbocycles. The molecule has 1 aliphatic carbocycles. The highest BCUT2D eigenvalue weighted by atomic mass is 19.1. The van der Waals surface area contributed by atoms with E-state index in [1.54, 1.807) is 12.1 Å². The number of fused-ring (bicyclic) bond motifs is 1. The SMILES string of the molecule is C[C@H](CO)NCc1cccc([C@@H](C2CC2)N2CCc3ccc(Oc4ccc(F)cc4F)cc3C2=O)n1. The Kier molecular flexibility index (Phi) is 6.98. The number of hydrogen-bond acceptors (Lipinski definition) is 5. The smallest absolute Gasteiger partial charge is 0.254 e. The van der Waals surface area contributed by atoms with E-state index in [0.29, 0.717) is 36.7 Å². The summed E-state index contributed by atoms with van der Waals surface area (Å²) in [7, 11) is 0. The number of nitrogens with zero attached hydrogens (tertiary/aromatic N) is 2. The molecule has 188 valence electrons. The summed E-state index contributed by atoms with van der Waals surface area (Å²) in [4.78, 5) is 20.5. The predicted molar refractivity (Wildman–Crippen MR) is 131 cm³/mol. The second-order valence-electron chi connectivity index (χ2n) is 9.54. The number of nitrogens with one attached hydrogen (secondary N) is 1. The molecule has 6 nitrogen and oxygen atoms in total. The van der Waals surface area contributed by atoms with Gasteiger partial charge < -0.3 is 20.1 Å². The molecule has 1 aliphatic heterocycles. The maximum atomic E-state index is 14.1. The van der Waals surface area contributed by atoms with Gasteiger partial charge in [-0.1, -0.05) is 12.1 Å². The molecule has 1 aromatic heterocycles. The predicted octanol–water partition coefficient (Wildman–Crippen LogP) is 4.77. The standard InChI is InChI=1S/C28H29F2N3O3/c1-17(16-34)31-15-21-3-2-4-25(32-21)27(19-5-6-19)33-12-11-18-7-9-22(14-23(18)28(33)35)36-26-10-8-20(29)13-24(26)30/h2-4,7-10,13-14,17,19,27,31,34H,5-6,11-12,15-16H2,1H3/t17-,27-/m1/s1. The van der Waals surface area contributed by atoms with Crippen LogP contribution < -0.4 is 10.1 Å². The van der Waals surface area contributed by atoms with Crippen LogP contribution >= 0.6 is 0 Å². The van der Waals surface area contributed by atoms with Crippen LogP contribution in [-0.2, 0) is 13.0 Å². The molecular weight excluding hydrogens is 464 g/mol. The van der Waals surface area contributed by atoms with E-state index >= 15 is 0 Å². The summed E-state index contributed by atoms with van der Waals surface area (Å²) in [5.41, 5.74) is 3.18. The molecule has 2 N–H and O–H groups in total. The molecule has 0 spiro atoms. The number of aliphatic hydroxyl groups excluding tert-OH is 1. The van der Waals surface area contributed by atoms with Gasteiger partial charge >= 0.3 is 0 Å². The van der Waals surface area contributed by atoms with Crippen LogP contribution in [0, 0.1) is 17.6 Å². The molecule has 1 saturated carbocycles. The first-order valence-electron chi connectivity index (χ1n) is 12.3.